The van der Waals surface area contributed by atoms with Crippen LogP contribution in [0.25, 0.3) is 0 Å². The van der Waals surface area contributed by atoms with Crippen LogP contribution >= 0.6 is 0 Å². The van der Waals surface area contributed by atoms with Crippen LogP contribution in [0.5, 0.6) is 28.7 Å². The number of carbonyl (C=O) groups is 1. The molecule has 5 rings (SSSR count). The molecule has 0 aliphatic carbocycles. The van der Waals surface area contributed by atoms with Crippen LogP contribution < -0.4 is 29.4 Å². The number of nitrogens with zero attached hydrogens (tertiary/aromatic N) is 1. The van der Waals surface area contributed by atoms with Gasteiger partial charge in [0.25, 0.3) is 0 Å². The molecule has 0 aromatic heterocycles. The van der Waals surface area contributed by atoms with Crippen LogP contribution in [0.4, 0.5) is 4.39 Å². The first kappa shape index (κ1) is 30.0. The molecule has 2 unspecified atom stereocenters. The second-order valence-electron chi connectivity index (χ2n) is 10.1. The Morgan fingerprint density at radius 1 is 0.977 bits per heavy atom. The SMILES string of the molecule is CCc1ccc(OC(C)C(=O)Oc2ccc3c(c2)OC(N)=C(C#N)C3c2ccc(OCc3ccc(F)cc3)c(OC)c2)cc1. The number of halogens is 1. The summed E-state index contributed by atoms with van der Waals surface area (Å²) in [5.74, 6) is 0.511. The Labute approximate surface area is 255 Å². The molecule has 8 nitrogen and oxygen atoms in total. The van der Waals surface area contributed by atoms with Gasteiger partial charge in [-0.2, -0.15) is 5.26 Å². The predicted octanol–water partition coefficient (Wildman–Crippen LogP) is 6.57. The number of fused-ring (bicyclic) bond motifs is 1. The largest absolute Gasteiger partial charge is 0.493 e. The van der Waals surface area contributed by atoms with Gasteiger partial charge in [0.1, 0.15) is 41.3 Å². The van der Waals surface area contributed by atoms with Gasteiger partial charge in [-0.25, -0.2) is 9.18 Å². The van der Waals surface area contributed by atoms with Gasteiger partial charge < -0.3 is 29.4 Å². The highest BCUT2D eigenvalue weighted by atomic mass is 19.1. The first-order valence-corrected chi connectivity index (χ1v) is 14.0. The number of methoxy groups -OCH3 is 1. The summed E-state index contributed by atoms with van der Waals surface area (Å²) >= 11 is 0. The Kier molecular flexibility index (Phi) is 9.01. The summed E-state index contributed by atoms with van der Waals surface area (Å²) in [5, 5.41) is 9.98. The molecule has 224 valence electrons. The van der Waals surface area contributed by atoms with Gasteiger partial charge in [-0.1, -0.05) is 43.3 Å². The van der Waals surface area contributed by atoms with Gasteiger partial charge in [0, 0.05) is 11.6 Å². The van der Waals surface area contributed by atoms with Crippen LogP contribution in [0.2, 0.25) is 0 Å². The zero-order chi connectivity index (χ0) is 31.2. The third-order valence-corrected chi connectivity index (χ3v) is 7.21. The molecule has 4 aromatic carbocycles. The molecule has 0 spiro atoms. The Morgan fingerprint density at radius 2 is 1.68 bits per heavy atom. The van der Waals surface area contributed by atoms with Crippen molar-refractivity contribution >= 4 is 5.97 Å². The molecule has 44 heavy (non-hydrogen) atoms. The van der Waals surface area contributed by atoms with Crippen LogP contribution in [0.3, 0.4) is 0 Å². The first-order chi connectivity index (χ1) is 21.3. The smallest absolute Gasteiger partial charge is 0.352 e. The van der Waals surface area contributed by atoms with Crippen molar-refractivity contribution in [2.75, 3.05) is 7.11 Å². The number of rotatable bonds is 10. The Bertz CT molecular complexity index is 1730. The highest BCUT2D eigenvalue weighted by molar-refractivity contribution is 5.77. The zero-order valence-corrected chi connectivity index (χ0v) is 24.5. The number of benzene rings is 4. The van der Waals surface area contributed by atoms with E-state index < -0.39 is 18.0 Å². The average Bonchev–Trinajstić information content (AvgIpc) is 3.04. The minimum atomic E-state index is -0.862. The molecule has 0 fully saturated rings. The predicted molar refractivity (Wildman–Crippen MR) is 161 cm³/mol. The number of esters is 1. The molecule has 0 saturated carbocycles. The Balaban J connectivity index is 1.35. The van der Waals surface area contributed by atoms with Crippen LogP contribution in [-0.2, 0) is 17.8 Å². The third kappa shape index (κ3) is 6.60. The number of nitrogens with two attached hydrogens (primary N) is 1. The zero-order valence-electron chi connectivity index (χ0n) is 24.5. The van der Waals surface area contributed by atoms with Gasteiger partial charge >= 0.3 is 5.97 Å². The Hall–Kier alpha value is -5.49. The molecule has 2 N–H and O–H groups in total. The lowest BCUT2D eigenvalue weighted by atomic mass is 9.83. The highest BCUT2D eigenvalue weighted by Gasteiger charge is 2.32. The van der Waals surface area contributed by atoms with Gasteiger partial charge in [-0.05, 0) is 72.5 Å². The number of allylic oxidation sites excluding steroid dienone is 1. The van der Waals surface area contributed by atoms with E-state index in [4.69, 9.17) is 29.4 Å². The number of aryl methyl sites for hydroxylation is 1. The number of ether oxygens (including phenoxy) is 5. The van der Waals surface area contributed by atoms with Crippen LogP contribution in [-0.4, -0.2) is 19.2 Å². The average molecular weight is 595 g/mol. The fraction of sp³-hybridized carbons (Fsp3) is 0.200. The molecule has 1 heterocycles. The minimum absolute atomic E-state index is 0.0590. The summed E-state index contributed by atoms with van der Waals surface area (Å²) in [6, 6.07) is 26.0. The van der Waals surface area contributed by atoms with E-state index in [2.05, 4.69) is 13.0 Å². The molecule has 1 aliphatic rings. The summed E-state index contributed by atoms with van der Waals surface area (Å²) < 4.78 is 41.9. The van der Waals surface area contributed by atoms with Crippen molar-refractivity contribution < 1.29 is 32.9 Å². The van der Waals surface area contributed by atoms with E-state index in [9.17, 15) is 14.4 Å². The molecule has 9 heteroatoms. The lowest BCUT2D eigenvalue weighted by molar-refractivity contribution is -0.141. The summed E-state index contributed by atoms with van der Waals surface area (Å²) in [7, 11) is 1.52. The van der Waals surface area contributed by atoms with Crippen molar-refractivity contribution in [1.29, 1.82) is 5.26 Å². The molecule has 0 saturated heterocycles. The second kappa shape index (κ2) is 13.2. The summed E-state index contributed by atoms with van der Waals surface area (Å²) in [6.45, 7) is 3.89. The fourth-order valence-electron chi connectivity index (χ4n) is 4.82. The van der Waals surface area contributed by atoms with Gasteiger partial charge in [0.05, 0.1) is 13.0 Å². The molecule has 0 amide bonds. The topological polar surface area (TPSA) is 113 Å². The molecular formula is C35H31FN2O6. The van der Waals surface area contributed by atoms with E-state index in [0.717, 1.165) is 17.5 Å². The number of hydrogen-bond donors (Lipinski definition) is 1. The lowest BCUT2D eigenvalue weighted by Gasteiger charge is -2.27. The standard InChI is InChI=1S/C35H31FN2O6/c1-4-22-7-12-26(13-8-22)42-21(2)35(39)43-27-14-15-28-31(18-27)44-34(38)29(19-37)33(28)24-9-16-30(32(17-24)40-3)41-20-23-5-10-25(36)11-6-23/h5-18,21,33H,4,20,38H2,1-3H3. The van der Waals surface area contributed by atoms with Crippen molar-refractivity contribution in [2.45, 2.75) is 38.9 Å². The lowest BCUT2D eigenvalue weighted by Crippen LogP contribution is -2.28. The van der Waals surface area contributed by atoms with E-state index in [-0.39, 0.29) is 29.6 Å². The van der Waals surface area contributed by atoms with E-state index in [1.807, 2.05) is 30.3 Å². The van der Waals surface area contributed by atoms with Gasteiger partial charge in [0.2, 0.25) is 5.88 Å². The second-order valence-corrected chi connectivity index (χ2v) is 10.1. The van der Waals surface area contributed by atoms with Crippen LogP contribution in [0.1, 0.15) is 42.0 Å². The van der Waals surface area contributed by atoms with E-state index >= 15 is 0 Å². The van der Waals surface area contributed by atoms with Crippen molar-refractivity contribution in [3.8, 4) is 34.8 Å². The van der Waals surface area contributed by atoms with Crippen LogP contribution in [0.15, 0.2) is 96.4 Å². The summed E-state index contributed by atoms with van der Waals surface area (Å²) in [6.07, 6.45) is 0.0412. The number of nitriles is 1. The van der Waals surface area contributed by atoms with E-state index in [1.165, 1.54) is 19.2 Å². The van der Waals surface area contributed by atoms with Gasteiger partial charge in [-0.15, -0.1) is 0 Å². The Morgan fingerprint density at radius 3 is 2.36 bits per heavy atom. The molecule has 4 aromatic rings. The maximum atomic E-state index is 13.3. The third-order valence-electron chi connectivity index (χ3n) is 7.21. The molecular weight excluding hydrogens is 563 g/mol. The highest BCUT2D eigenvalue weighted by Crippen LogP contribution is 2.45. The maximum Gasteiger partial charge on any atom is 0.352 e. The van der Waals surface area contributed by atoms with Crippen molar-refractivity contribution in [3.63, 3.8) is 0 Å². The monoisotopic (exact) mass is 594 g/mol. The molecule has 1 aliphatic heterocycles. The summed E-state index contributed by atoms with van der Waals surface area (Å²) in [5.41, 5.74) is 9.73. The number of carbonyl (C=O) groups excluding carboxylic acids is 1. The van der Waals surface area contributed by atoms with E-state index in [1.54, 1.807) is 49.4 Å². The van der Waals surface area contributed by atoms with Crippen molar-refractivity contribution in [1.82, 2.24) is 0 Å². The van der Waals surface area contributed by atoms with Crippen molar-refractivity contribution in [3.05, 3.63) is 124 Å². The summed E-state index contributed by atoms with van der Waals surface area (Å²) in [4.78, 5) is 12.8. The van der Waals surface area contributed by atoms with Crippen LogP contribution in [0, 0.1) is 17.1 Å². The minimum Gasteiger partial charge on any atom is -0.493 e. The molecule has 0 bridgehead atoms. The number of hydrogen-bond acceptors (Lipinski definition) is 8. The van der Waals surface area contributed by atoms with E-state index in [0.29, 0.717) is 34.1 Å². The first-order valence-electron chi connectivity index (χ1n) is 14.0. The fourth-order valence-corrected chi connectivity index (χ4v) is 4.82. The molecule has 0 radical (unpaired) electrons. The van der Waals surface area contributed by atoms with Gasteiger partial charge in [0.15, 0.2) is 17.6 Å². The van der Waals surface area contributed by atoms with Gasteiger partial charge in [-0.3, -0.25) is 0 Å². The van der Waals surface area contributed by atoms with Crippen molar-refractivity contribution in [2.24, 2.45) is 5.73 Å². The maximum absolute atomic E-state index is 13.3. The molecule has 2 atom stereocenters. The normalized spacial score (nSPS) is 14.5. The quantitative estimate of drug-likeness (QED) is 0.162.